The fourth-order valence-electron chi connectivity index (χ4n) is 2.57. The van der Waals surface area contributed by atoms with Crippen LogP contribution in [0.3, 0.4) is 0 Å². The van der Waals surface area contributed by atoms with Gasteiger partial charge in [0.15, 0.2) is 5.82 Å². The van der Waals surface area contributed by atoms with Crippen molar-refractivity contribution in [3.8, 4) is 0 Å². The molecule has 22 heavy (non-hydrogen) atoms. The summed E-state index contributed by atoms with van der Waals surface area (Å²) in [5.74, 6) is 1.66. The first kappa shape index (κ1) is 15.0. The Kier molecular flexibility index (Phi) is 4.11. The van der Waals surface area contributed by atoms with Gasteiger partial charge in [0.2, 0.25) is 0 Å². The molecule has 6 heteroatoms. The van der Waals surface area contributed by atoms with Gasteiger partial charge in [-0.1, -0.05) is 20.8 Å². The van der Waals surface area contributed by atoms with E-state index in [1.807, 2.05) is 6.20 Å². The van der Waals surface area contributed by atoms with Crippen LogP contribution in [0.2, 0.25) is 0 Å². The van der Waals surface area contributed by atoms with E-state index in [9.17, 15) is 0 Å². The molecule has 0 amide bonds. The number of anilines is 1. The summed E-state index contributed by atoms with van der Waals surface area (Å²) in [6.07, 6.45) is 3.56. The van der Waals surface area contributed by atoms with Crippen molar-refractivity contribution < 1.29 is 0 Å². The number of imidazole rings is 1. The van der Waals surface area contributed by atoms with Crippen molar-refractivity contribution >= 4 is 5.82 Å². The van der Waals surface area contributed by atoms with Gasteiger partial charge < -0.3 is 15.2 Å². The normalized spacial score (nSPS) is 15.9. The van der Waals surface area contributed by atoms with Crippen molar-refractivity contribution in [2.24, 2.45) is 5.92 Å². The SMILES string of the molecule is CC(C)(C)c1ccc(N2CC(CNCc3cnc[nH]3)C2)nn1. The van der Waals surface area contributed by atoms with Crippen LogP contribution in [-0.2, 0) is 12.0 Å². The van der Waals surface area contributed by atoms with Gasteiger partial charge in [0, 0.05) is 49.4 Å². The minimum atomic E-state index is 0.0552. The molecule has 0 saturated carbocycles. The van der Waals surface area contributed by atoms with Crippen LogP contribution in [-0.4, -0.2) is 39.8 Å². The van der Waals surface area contributed by atoms with Crippen molar-refractivity contribution in [1.82, 2.24) is 25.5 Å². The highest BCUT2D eigenvalue weighted by Gasteiger charge is 2.28. The number of hydrogen-bond acceptors (Lipinski definition) is 5. The standard InChI is InChI=1S/C16H24N6/c1-16(2,3)14-4-5-15(21-20-14)22-9-12(10-22)6-17-7-13-8-18-11-19-13/h4-5,8,11-12,17H,6-7,9-10H2,1-3H3,(H,18,19). The van der Waals surface area contributed by atoms with Crippen molar-refractivity contribution in [2.45, 2.75) is 32.7 Å². The lowest BCUT2D eigenvalue weighted by atomic mass is 9.92. The van der Waals surface area contributed by atoms with Gasteiger partial charge in [-0.2, -0.15) is 5.10 Å². The van der Waals surface area contributed by atoms with E-state index in [0.29, 0.717) is 5.92 Å². The third kappa shape index (κ3) is 3.44. The number of nitrogens with one attached hydrogen (secondary N) is 2. The second kappa shape index (κ2) is 6.04. The maximum atomic E-state index is 4.36. The molecule has 0 radical (unpaired) electrons. The minimum absolute atomic E-state index is 0.0552. The van der Waals surface area contributed by atoms with Crippen molar-refractivity contribution in [2.75, 3.05) is 24.5 Å². The van der Waals surface area contributed by atoms with Gasteiger partial charge in [0.05, 0.1) is 12.0 Å². The third-order valence-corrected chi connectivity index (χ3v) is 4.00. The lowest BCUT2D eigenvalue weighted by Gasteiger charge is -2.40. The Hall–Kier alpha value is -1.95. The van der Waals surface area contributed by atoms with E-state index in [-0.39, 0.29) is 5.41 Å². The summed E-state index contributed by atoms with van der Waals surface area (Å²) in [4.78, 5) is 9.39. The Bertz CT molecular complexity index is 578. The van der Waals surface area contributed by atoms with Crippen LogP contribution in [0.1, 0.15) is 32.2 Å². The molecule has 0 aliphatic carbocycles. The molecule has 2 N–H and O–H groups in total. The Morgan fingerprint density at radius 1 is 1.27 bits per heavy atom. The van der Waals surface area contributed by atoms with Gasteiger partial charge in [-0.3, -0.25) is 0 Å². The fourth-order valence-corrected chi connectivity index (χ4v) is 2.57. The molecule has 0 aromatic carbocycles. The van der Waals surface area contributed by atoms with Crippen LogP contribution in [0.4, 0.5) is 5.82 Å². The molecule has 1 saturated heterocycles. The highest BCUT2D eigenvalue weighted by Crippen LogP contribution is 2.24. The van der Waals surface area contributed by atoms with E-state index < -0.39 is 0 Å². The summed E-state index contributed by atoms with van der Waals surface area (Å²) in [7, 11) is 0. The number of rotatable bonds is 5. The maximum Gasteiger partial charge on any atom is 0.151 e. The highest BCUT2D eigenvalue weighted by molar-refractivity contribution is 5.41. The predicted molar refractivity (Wildman–Crippen MR) is 86.7 cm³/mol. The molecule has 1 aliphatic heterocycles. The van der Waals surface area contributed by atoms with E-state index in [1.165, 1.54) is 0 Å². The molecule has 2 aromatic rings. The molecule has 2 aromatic heterocycles. The van der Waals surface area contributed by atoms with Crippen LogP contribution in [0.15, 0.2) is 24.7 Å². The van der Waals surface area contributed by atoms with E-state index >= 15 is 0 Å². The third-order valence-electron chi connectivity index (χ3n) is 4.00. The first-order valence-electron chi connectivity index (χ1n) is 7.79. The second-order valence-electron chi connectivity index (χ2n) is 7.01. The van der Waals surface area contributed by atoms with Crippen LogP contribution in [0.25, 0.3) is 0 Å². The minimum Gasteiger partial charge on any atom is -0.354 e. The fraction of sp³-hybridized carbons (Fsp3) is 0.562. The van der Waals surface area contributed by atoms with Crippen LogP contribution < -0.4 is 10.2 Å². The molecule has 3 rings (SSSR count). The van der Waals surface area contributed by atoms with Crippen LogP contribution in [0, 0.1) is 5.92 Å². The van der Waals surface area contributed by atoms with Gasteiger partial charge in [-0.15, -0.1) is 5.10 Å². The van der Waals surface area contributed by atoms with E-state index in [2.05, 4.69) is 63.3 Å². The Balaban J connectivity index is 1.43. The highest BCUT2D eigenvalue weighted by atomic mass is 15.3. The molecule has 1 aliphatic rings. The molecule has 3 heterocycles. The molecule has 0 unspecified atom stereocenters. The number of hydrogen-bond donors (Lipinski definition) is 2. The van der Waals surface area contributed by atoms with E-state index in [0.717, 1.165) is 43.4 Å². The van der Waals surface area contributed by atoms with Crippen molar-refractivity contribution in [3.05, 3.63) is 36.0 Å². The van der Waals surface area contributed by atoms with Gasteiger partial charge in [0.1, 0.15) is 0 Å². The topological polar surface area (TPSA) is 69.7 Å². The monoisotopic (exact) mass is 300 g/mol. The number of aromatic amines is 1. The van der Waals surface area contributed by atoms with Gasteiger partial charge >= 0.3 is 0 Å². The quantitative estimate of drug-likeness (QED) is 0.880. The zero-order chi connectivity index (χ0) is 15.6. The Morgan fingerprint density at radius 2 is 2.09 bits per heavy atom. The van der Waals surface area contributed by atoms with Crippen LogP contribution >= 0.6 is 0 Å². The lowest BCUT2D eigenvalue weighted by molar-refractivity contribution is 0.380. The van der Waals surface area contributed by atoms with Crippen LogP contribution in [0.5, 0.6) is 0 Å². The maximum absolute atomic E-state index is 4.36. The Labute approximate surface area is 131 Å². The molecule has 1 fully saturated rings. The molecule has 0 bridgehead atoms. The predicted octanol–water partition coefficient (Wildman–Crippen LogP) is 1.72. The zero-order valence-corrected chi connectivity index (χ0v) is 13.5. The molecule has 0 spiro atoms. The van der Waals surface area contributed by atoms with Gasteiger partial charge in [0.25, 0.3) is 0 Å². The molecular formula is C16H24N6. The van der Waals surface area contributed by atoms with Crippen molar-refractivity contribution in [1.29, 1.82) is 0 Å². The largest absolute Gasteiger partial charge is 0.354 e. The summed E-state index contributed by atoms with van der Waals surface area (Å²) in [5.41, 5.74) is 2.22. The van der Waals surface area contributed by atoms with Gasteiger partial charge in [-0.25, -0.2) is 4.98 Å². The summed E-state index contributed by atoms with van der Waals surface area (Å²) in [6, 6.07) is 4.17. The summed E-state index contributed by atoms with van der Waals surface area (Å²) < 4.78 is 0. The molecule has 118 valence electrons. The number of aromatic nitrogens is 4. The average Bonchev–Trinajstić information content (AvgIpc) is 2.94. The number of H-pyrrole nitrogens is 1. The lowest BCUT2D eigenvalue weighted by Crippen LogP contribution is -2.51. The summed E-state index contributed by atoms with van der Waals surface area (Å²) >= 11 is 0. The average molecular weight is 300 g/mol. The van der Waals surface area contributed by atoms with Crippen molar-refractivity contribution in [3.63, 3.8) is 0 Å². The molecule has 6 nitrogen and oxygen atoms in total. The van der Waals surface area contributed by atoms with Gasteiger partial charge in [-0.05, 0) is 12.1 Å². The second-order valence-corrected chi connectivity index (χ2v) is 7.01. The Morgan fingerprint density at radius 3 is 2.68 bits per heavy atom. The number of nitrogens with zero attached hydrogens (tertiary/aromatic N) is 4. The first-order chi connectivity index (χ1) is 10.5. The summed E-state index contributed by atoms with van der Waals surface area (Å²) in [6.45, 7) is 10.4. The smallest absolute Gasteiger partial charge is 0.151 e. The zero-order valence-electron chi connectivity index (χ0n) is 13.5. The molecular weight excluding hydrogens is 276 g/mol. The molecule has 0 atom stereocenters. The summed E-state index contributed by atoms with van der Waals surface area (Å²) in [5, 5.41) is 12.2. The van der Waals surface area contributed by atoms with E-state index in [1.54, 1.807) is 6.33 Å². The first-order valence-corrected chi connectivity index (χ1v) is 7.79. The van der Waals surface area contributed by atoms with E-state index in [4.69, 9.17) is 0 Å².